The molecule has 2 aromatic heterocycles. The minimum atomic E-state index is 0.0182. The van der Waals surface area contributed by atoms with Crippen LogP contribution in [0.5, 0.6) is 0 Å². The molecule has 0 radical (unpaired) electrons. The maximum atomic E-state index is 9.32. The quantitative estimate of drug-likeness (QED) is 0.551. The summed E-state index contributed by atoms with van der Waals surface area (Å²) in [6.45, 7) is 2.13. The molecule has 5 heteroatoms. The maximum absolute atomic E-state index is 9.32. The van der Waals surface area contributed by atoms with E-state index in [1.165, 1.54) is 16.0 Å². The van der Waals surface area contributed by atoms with E-state index in [0.717, 1.165) is 27.3 Å². The SMILES string of the molecule is Cc1c(-c2ccccc2)sc2ncnc(Nc3cccc(CO)c3)c12. The van der Waals surface area contributed by atoms with E-state index in [0.29, 0.717) is 0 Å². The van der Waals surface area contributed by atoms with Crippen LogP contribution in [0.15, 0.2) is 60.9 Å². The molecule has 4 rings (SSSR count). The third-order valence-corrected chi connectivity index (χ3v) is 5.38. The van der Waals surface area contributed by atoms with Gasteiger partial charge in [0.2, 0.25) is 0 Å². The van der Waals surface area contributed by atoms with Crippen LogP contribution in [0.4, 0.5) is 11.5 Å². The van der Waals surface area contributed by atoms with Gasteiger partial charge in [-0.05, 0) is 35.7 Å². The van der Waals surface area contributed by atoms with Gasteiger partial charge in [-0.15, -0.1) is 11.3 Å². The number of thiophene rings is 1. The van der Waals surface area contributed by atoms with Gasteiger partial charge in [0.1, 0.15) is 17.0 Å². The molecule has 2 aromatic carbocycles. The van der Waals surface area contributed by atoms with E-state index >= 15 is 0 Å². The van der Waals surface area contributed by atoms with Crippen molar-refractivity contribution in [1.82, 2.24) is 9.97 Å². The van der Waals surface area contributed by atoms with Crippen molar-refractivity contribution >= 4 is 33.1 Å². The van der Waals surface area contributed by atoms with Crippen LogP contribution < -0.4 is 5.32 Å². The normalized spacial score (nSPS) is 11.0. The highest BCUT2D eigenvalue weighted by molar-refractivity contribution is 7.22. The predicted octanol–water partition coefficient (Wildman–Crippen LogP) is 4.90. The van der Waals surface area contributed by atoms with Crippen LogP contribution in [-0.4, -0.2) is 15.1 Å². The molecule has 0 bridgehead atoms. The number of benzene rings is 2. The number of hydrogen-bond donors (Lipinski definition) is 2. The second kappa shape index (κ2) is 6.63. The Morgan fingerprint density at radius 3 is 2.68 bits per heavy atom. The van der Waals surface area contributed by atoms with E-state index in [4.69, 9.17) is 0 Å². The Kier molecular flexibility index (Phi) is 4.17. The molecule has 4 nitrogen and oxygen atoms in total. The standard InChI is InChI=1S/C20H17N3OS/c1-13-17-19(23-16-9-5-6-14(10-16)11-24)21-12-22-20(17)25-18(13)15-7-3-2-4-8-15/h2-10,12,24H,11H2,1H3,(H,21,22,23). The van der Waals surface area contributed by atoms with E-state index in [1.807, 2.05) is 42.5 Å². The lowest BCUT2D eigenvalue weighted by molar-refractivity contribution is 0.282. The molecule has 0 atom stereocenters. The van der Waals surface area contributed by atoms with E-state index in [2.05, 4.69) is 34.3 Å². The first-order chi connectivity index (χ1) is 12.3. The van der Waals surface area contributed by atoms with Crippen molar-refractivity contribution in [2.24, 2.45) is 0 Å². The minimum Gasteiger partial charge on any atom is -0.392 e. The van der Waals surface area contributed by atoms with E-state index in [-0.39, 0.29) is 6.61 Å². The number of nitrogens with zero attached hydrogens (tertiary/aromatic N) is 2. The summed E-state index contributed by atoms with van der Waals surface area (Å²) in [5, 5.41) is 13.7. The Bertz CT molecular complexity index is 1030. The highest BCUT2D eigenvalue weighted by Crippen LogP contribution is 2.40. The number of rotatable bonds is 4. The van der Waals surface area contributed by atoms with Crippen molar-refractivity contribution < 1.29 is 5.11 Å². The van der Waals surface area contributed by atoms with Crippen molar-refractivity contribution in [3.63, 3.8) is 0 Å². The Hall–Kier alpha value is -2.76. The van der Waals surface area contributed by atoms with Crippen LogP contribution in [0.2, 0.25) is 0 Å². The Labute approximate surface area is 149 Å². The van der Waals surface area contributed by atoms with Gasteiger partial charge in [0, 0.05) is 10.6 Å². The zero-order valence-electron chi connectivity index (χ0n) is 13.7. The number of hydrogen-bond acceptors (Lipinski definition) is 5. The molecule has 0 unspecified atom stereocenters. The lowest BCUT2D eigenvalue weighted by atomic mass is 10.1. The number of fused-ring (bicyclic) bond motifs is 1. The summed E-state index contributed by atoms with van der Waals surface area (Å²) in [6, 6.07) is 18.0. The number of aliphatic hydroxyl groups excluding tert-OH is 1. The smallest absolute Gasteiger partial charge is 0.142 e. The van der Waals surface area contributed by atoms with Crippen molar-refractivity contribution in [2.45, 2.75) is 13.5 Å². The largest absolute Gasteiger partial charge is 0.392 e. The summed E-state index contributed by atoms with van der Waals surface area (Å²) in [7, 11) is 0. The summed E-state index contributed by atoms with van der Waals surface area (Å²) in [5.41, 5.74) is 4.13. The van der Waals surface area contributed by atoms with Gasteiger partial charge in [-0.2, -0.15) is 0 Å². The fraction of sp³-hybridized carbons (Fsp3) is 0.100. The average molecular weight is 347 g/mol. The van der Waals surface area contributed by atoms with Gasteiger partial charge in [-0.1, -0.05) is 42.5 Å². The fourth-order valence-electron chi connectivity index (χ4n) is 2.92. The molecular formula is C20H17N3OS. The molecule has 124 valence electrons. The second-order valence-corrected chi connectivity index (χ2v) is 6.81. The van der Waals surface area contributed by atoms with E-state index in [9.17, 15) is 5.11 Å². The molecule has 0 saturated heterocycles. The number of aryl methyl sites for hydroxylation is 1. The fourth-order valence-corrected chi connectivity index (χ4v) is 4.07. The van der Waals surface area contributed by atoms with Crippen LogP contribution in [0.1, 0.15) is 11.1 Å². The van der Waals surface area contributed by atoms with Crippen molar-refractivity contribution in [2.75, 3.05) is 5.32 Å². The molecule has 2 heterocycles. The monoisotopic (exact) mass is 347 g/mol. The van der Waals surface area contributed by atoms with Crippen LogP contribution in [-0.2, 0) is 6.61 Å². The van der Waals surface area contributed by atoms with Gasteiger partial charge < -0.3 is 10.4 Å². The summed E-state index contributed by atoms with van der Waals surface area (Å²) in [5.74, 6) is 0.788. The zero-order chi connectivity index (χ0) is 17.2. The minimum absolute atomic E-state index is 0.0182. The van der Waals surface area contributed by atoms with Crippen molar-refractivity contribution in [3.8, 4) is 10.4 Å². The van der Waals surface area contributed by atoms with Crippen LogP contribution in [0.3, 0.4) is 0 Å². The Morgan fingerprint density at radius 1 is 1.04 bits per heavy atom. The zero-order valence-corrected chi connectivity index (χ0v) is 14.5. The summed E-state index contributed by atoms with van der Waals surface area (Å²) < 4.78 is 0. The molecule has 25 heavy (non-hydrogen) atoms. The maximum Gasteiger partial charge on any atom is 0.142 e. The van der Waals surface area contributed by atoms with Gasteiger partial charge in [-0.3, -0.25) is 0 Å². The molecule has 0 fully saturated rings. The molecule has 4 aromatic rings. The van der Waals surface area contributed by atoms with Gasteiger partial charge in [0.15, 0.2) is 0 Å². The van der Waals surface area contributed by atoms with Gasteiger partial charge in [-0.25, -0.2) is 9.97 Å². The first kappa shape index (κ1) is 15.7. The third-order valence-electron chi connectivity index (χ3n) is 4.14. The molecule has 2 N–H and O–H groups in total. The van der Waals surface area contributed by atoms with Crippen LogP contribution in [0, 0.1) is 6.92 Å². The average Bonchev–Trinajstić information content (AvgIpc) is 3.00. The Balaban J connectivity index is 1.81. The number of aliphatic hydroxyl groups is 1. The number of nitrogens with one attached hydrogen (secondary N) is 1. The van der Waals surface area contributed by atoms with E-state index in [1.54, 1.807) is 17.7 Å². The van der Waals surface area contributed by atoms with Gasteiger partial charge in [0.05, 0.1) is 12.0 Å². The molecule has 0 aliphatic rings. The lowest BCUT2D eigenvalue weighted by Gasteiger charge is -2.08. The molecule has 0 aliphatic carbocycles. The summed E-state index contributed by atoms with van der Waals surface area (Å²) >= 11 is 1.68. The topological polar surface area (TPSA) is 58.0 Å². The molecule has 0 amide bonds. The van der Waals surface area contributed by atoms with Crippen molar-refractivity contribution in [3.05, 3.63) is 72.1 Å². The Morgan fingerprint density at radius 2 is 1.88 bits per heavy atom. The highest BCUT2D eigenvalue weighted by atomic mass is 32.1. The second-order valence-electron chi connectivity index (χ2n) is 5.81. The van der Waals surface area contributed by atoms with E-state index < -0.39 is 0 Å². The first-order valence-electron chi connectivity index (χ1n) is 8.02. The van der Waals surface area contributed by atoms with Crippen LogP contribution in [0.25, 0.3) is 20.7 Å². The summed E-state index contributed by atoms with van der Waals surface area (Å²) in [4.78, 5) is 11.1. The van der Waals surface area contributed by atoms with Gasteiger partial charge in [0.25, 0.3) is 0 Å². The molecule has 0 saturated carbocycles. The molecular weight excluding hydrogens is 330 g/mol. The predicted molar refractivity (Wildman–Crippen MR) is 103 cm³/mol. The highest BCUT2D eigenvalue weighted by Gasteiger charge is 2.15. The molecule has 0 aliphatic heterocycles. The van der Waals surface area contributed by atoms with Gasteiger partial charge >= 0.3 is 0 Å². The molecule has 0 spiro atoms. The van der Waals surface area contributed by atoms with Crippen molar-refractivity contribution in [1.29, 1.82) is 0 Å². The first-order valence-corrected chi connectivity index (χ1v) is 8.84. The number of anilines is 2. The van der Waals surface area contributed by atoms with Crippen LogP contribution >= 0.6 is 11.3 Å². The third kappa shape index (κ3) is 2.99. The summed E-state index contributed by atoms with van der Waals surface area (Å²) in [6.07, 6.45) is 1.59. The number of aromatic nitrogens is 2. The lowest BCUT2D eigenvalue weighted by Crippen LogP contribution is -1.96.